The third-order valence-corrected chi connectivity index (χ3v) is 11.4. The van der Waals surface area contributed by atoms with E-state index in [1.54, 1.807) is 0 Å². The van der Waals surface area contributed by atoms with Gasteiger partial charge < -0.3 is 21.1 Å². The Labute approximate surface area is 351 Å². The Morgan fingerprint density at radius 3 is 1.41 bits per heavy atom. The van der Waals surface area contributed by atoms with Gasteiger partial charge in [0.25, 0.3) is 0 Å². The molecule has 1 heterocycles. The van der Waals surface area contributed by atoms with Crippen molar-refractivity contribution in [2.24, 2.45) is 0 Å². The summed E-state index contributed by atoms with van der Waals surface area (Å²) in [6, 6.07) is 43.3. The average molecular weight is 915 g/mol. The van der Waals surface area contributed by atoms with Gasteiger partial charge in [0, 0.05) is 56.2 Å². The van der Waals surface area contributed by atoms with Gasteiger partial charge in [-0.15, -0.1) is 24.4 Å². The van der Waals surface area contributed by atoms with E-state index >= 15 is 0 Å². The average Bonchev–Trinajstić information content (AvgIpc) is 3.75. The molecule has 8 rings (SSSR count). The van der Waals surface area contributed by atoms with Gasteiger partial charge in [-0.05, 0) is 148 Å². The number of rotatable bonds is 7. The Balaban J connectivity index is 0.000000197. The van der Waals surface area contributed by atoms with Crippen molar-refractivity contribution >= 4 is 28.4 Å². The fourth-order valence-corrected chi connectivity index (χ4v) is 9.09. The second-order valence-electron chi connectivity index (χ2n) is 15.1. The number of nitrogens with zero attached hydrogens (tertiary/aromatic N) is 3. The Morgan fingerprint density at radius 2 is 0.982 bits per heavy atom. The van der Waals surface area contributed by atoms with Crippen molar-refractivity contribution in [2.75, 3.05) is 14.7 Å². The van der Waals surface area contributed by atoms with E-state index in [0.717, 1.165) is 29.8 Å². The maximum atomic E-state index is 7.64. The zero-order chi connectivity index (χ0) is 38.9. The van der Waals surface area contributed by atoms with Crippen LogP contribution in [0.25, 0.3) is 11.1 Å². The molecule has 0 aromatic heterocycles. The van der Waals surface area contributed by atoms with Gasteiger partial charge in [0.15, 0.2) is 0 Å². The van der Waals surface area contributed by atoms with Gasteiger partial charge in [-0.1, -0.05) is 97.8 Å². The molecule has 3 nitrogen and oxygen atoms in total. The number of anilines is 5. The first kappa shape index (κ1) is 40.4. The molecule has 0 bridgehead atoms. The van der Waals surface area contributed by atoms with Crippen LogP contribution in [0, 0.1) is 60.6 Å². The normalized spacial score (nSPS) is 13.3. The van der Waals surface area contributed by atoms with Crippen LogP contribution in [-0.4, -0.2) is 0 Å². The Kier molecular flexibility index (Phi) is 12.2. The largest absolute Gasteiger partial charge is 0.479 e. The molecule has 0 saturated heterocycles. The van der Waals surface area contributed by atoms with Crippen molar-refractivity contribution < 1.29 is 22.4 Å². The van der Waals surface area contributed by atoms with Crippen LogP contribution in [0.15, 0.2) is 134 Å². The van der Waals surface area contributed by atoms with Crippen LogP contribution >= 0.6 is 0 Å². The summed E-state index contributed by atoms with van der Waals surface area (Å²) in [6.07, 6.45) is 14.0. The Bertz CT molecular complexity index is 2270. The molecule has 0 fully saturated rings. The molecule has 1 radical (unpaired) electrons. The minimum atomic E-state index is -0.0490. The van der Waals surface area contributed by atoms with E-state index in [-0.39, 0.29) is 27.8 Å². The van der Waals surface area contributed by atoms with E-state index in [4.69, 9.17) is 6.42 Å². The van der Waals surface area contributed by atoms with Crippen LogP contribution in [0.3, 0.4) is 0 Å². The number of benzene rings is 6. The predicted molar refractivity (Wildman–Crippen MR) is 234 cm³/mol. The molecule has 0 unspecified atom stereocenters. The first-order valence-corrected chi connectivity index (χ1v) is 19.5. The zero-order valence-electron chi connectivity index (χ0n) is 33.8. The van der Waals surface area contributed by atoms with Crippen LogP contribution in [0.1, 0.15) is 76.8 Å². The molecule has 0 N–H and O–H groups in total. The van der Waals surface area contributed by atoms with E-state index in [0.29, 0.717) is 0 Å². The van der Waals surface area contributed by atoms with Crippen molar-refractivity contribution in [3.8, 4) is 17.0 Å². The standard InChI is InChI=1S/C31H26N.C21H25N2.Au/c1-4-23-17-19-27-28-20-18-26(22-30(28)31(5-2,6-3)29(27)21-23)32(24-13-9-7-10-14-24)25-15-11-8-12-16-25;1-14-9-16(3)20(17(4)10-14)22-7-8-23(13-22)21-18(5)11-15(2)12-19(21)6;/h7-22H,5-6H2,2-3H3;7-13H,1-6H3;/q2*-1;. The van der Waals surface area contributed by atoms with Gasteiger partial charge in [0.05, 0.1) is 0 Å². The zero-order valence-corrected chi connectivity index (χ0v) is 36.0. The Morgan fingerprint density at radius 1 is 0.554 bits per heavy atom. The van der Waals surface area contributed by atoms with Gasteiger partial charge >= 0.3 is 0 Å². The van der Waals surface area contributed by atoms with Gasteiger partial charge in [-0.2, -0.15) is 0 Å². The van der Waals surface area contributed by atoms with Gasteiger partial charge in [-0.25, -0.2) is 0 Å². The molecule has 6 aromatic rings. The molecule has 4 heteroatoms. The number of para-hydroxylation sites is 2. The van der Waals surface area contributed by atoms with Crippen LogP contribution < -0.4 is 14.7 Å². The molecular weight excluding hydrogens is 864 g/mol. The third-order valence-electron chi connectivity index (χ3n) is 11.4. The summed E-state index contributed by atoms with van der Waals surface area (Å²) < 4.78 is 0. The predicted octanol–water partition coefficient (Wildman–Crippen LogP) is 13.6. The molecule has 1 aliphatic heterocycles. The molecule has 1 aliphatic carbocycles. The quantitative estimate of drug-likeness (QED) is 0.0898. The van der Waals surface area contributed by atoms with E-state index in [1.807, 2.05) is 6.07 Å². The monoisotopic (exact) mass is 914 g/mol. The maximum Gasteiger partial charge on any atom is 0.0465 e. The minimum absolute atomic E-state index is 0. The van der Waals surface area contributed by atoms with E-state index in [1.165, 1.54) is 72.7 Å². The van der Waals surface area contributed by atoms with Gasteiger partial charge in [0.2, 0.25) is 0 Å². The van der Waals surface area contributed by atoms with Crippen molar-refractivity contribution in [3.05, 3.63) is 197 Å². The minimum Gasteiger partial charge on any atom is -0.479 e. The summed E-state index contributed by atoms with van der Waals surface area (Å²) in [5.74, 6) is 2.58. The topological polar surface area (TPSA) is 9.72 Å². The SMILES string of the molecule is Cc1cc(C)c(N2C=CN(c3c(C)cc(C)cc3C)[CH-]2)c(C)c1.[Au].[C-]#Cc1ccc2c(c1)C(CC)(CC)c1cc(N(c3ccccc3)c3ccccc3)ccc1-2. The number of hydrogen-bond acceptors (Lipinski definition) is 3. The van der Waals surface area contributed by atoms with E-state index in [9.17, 15) is 0 Å². The van der Waals surface area contributed by atoms with Crippen LogP contribution in [-0.2, 0) is 27.8 Å². The van der Waals surface area contributed by atoms with Gasteiger partial charge in [0.1, 0.15) is 0 Å². The third kappa shape index (κ3) is 7.50. The maximum absolute atomic E-state index is 7.64. The molecule has 287 valence electrons. The summed E-state index contributed by atoms with van der Waals surface area (Å²) in [5, 5.41) is 0. The van der Waals surface area contributed by atoms with Crippen molar-refractivity contribution in [1.82, 2.24) is 0 Å². The second kappa shape index (κ2) is 16.9. The molecule has 56 heavy (non-hydrogen) atoms. The molecule has 0 saturated carbocycles. The smallest absolute Gasteiger partial charge is 0.0465 e. The van der Waals surface area contributed by atoms with E-state index < -0.39 is 0 Å². The van der Waals surface area contributed by atoms with Crippen LogP contribution in [0.2, 0.25) is 0 Å². The van der Waals surface area contributed by atoms with Crippen LogP contribution in [0.5, 0.6) is 0 Å². The molecular formula is C52H51AuN3-2. The fourth-order valence-electron chi connectivity index (χ4n) is 9.09. The fraction of sp³-hybridized carbons (Fsp3) is 0.212. The van der Waals surface area contributed by atoms with Crippen molar-refractivity contribution in [1.29, 1.82) is 0 Å². The Hall–Kier alpha value is -5.24. The molecule has 0 spiro atoms. The summed E-state index contributed by atoms with van der Waals surface area (Å²) in [6.45, 7) is 19.8. The summed E-state index contributed by atoms with van der Waals surface area (Å²) in [4.78, 5) is 6.78. The first-order chi connectivity index (χ1) is 26.6. The summed E-state index contributed by atoms with van der Waals surface area (Å²) in [5.41, 5.74) is 20.0. The van der Waals surface area contributed by atoms with E-state index in [2.05, 4.69) is 210 Å². The first-order valence-electron chi connectivity index (χ1n) is 19.5. The van der Waals surface area contributed by atoms with Crippen molar-refractivity contribution in [3.63, 3.8) is 0 Å². The molecule has 0 amide bonds. The number of fused-ring (bicyclic) bond motifs is 3. The molecule has 0 atom stereocenters. The molecule has 2 aliphatic rings. The number of aryl methyl sites for hydroxylation is 6. The summed E-state index contributed by atoms with van der Waals surface area (Å²) >= 11 is 0. The summed E-state index contributed by atoms with van der Waals surface area (Å²) in [7, 11) is 0. The molecule has 6 aromatic carbocycles. The van der Waals surface area contributed by atoms with Crippen LogP contribution in [0.4, 0.5) is 28.4 Å². The van der Waals surface area contributed by atoms with Crippen molar-refractivity contribution in [2.45, 2.75) is 73.6 Å². The second-order valence-corrected chi connectivity index (χ2v) is 15.1. The number of hydrogen-bond donors (Lipinski definition) is 0. The van der Waals surface area contributed by atoms with Gasteiger partial charge in [-0.3, -0.25) is 5.92 Å².